The average molecular weight is 335 g/mol. The summed E-state index contributed by atoms with van der Waals surface area (Å²) >= 11 is 11.2. The molecule has 0 bridgehead atoms. The number of thiocarbonyl (C=S) groups is 1. The number of ether oxygens (including phenoxy) is 1. The van der Waals surface area contributed by atoms with Crippen molar-refractivity contribution in [3.8, 4) is 5.75 Å². The maximum absolute atomic E-state index is 5.94. The number of hydrogen-bond acceptors (Lipinski definition) is 2. The van der Waals surface area contributed by atoms with Gasteiger partial charge in [-0.25, -0.2) is 0 Å². The van der Waals surface area contributed by atoms with Crippen LogP contribution in [-0.2, 0) is 0 Å². The molecular weight excluding hydrogens is 316 g/mol. The molecule has 0 saturated carbocycles. The highest BCUT2D eigenvalue weighted by Gasteiger charge is 2.07. The molecule has 0 amide bonds. The van der Waals surface area contributed by atoms with E-state index in [0.29, 0.717) is 16.7 Å². The molecular formula is C17H19ClN2OS. The summed E-state index contributed by atoms with van der Waals surface area (Å²) in [5.41, 5.74) is 1.98. The highest BCUT2D eigenvalue weighted by atomic mass is 35.5. The molecule has 2 rings (SSSR count). The first-order valence-corrected chi connectivity index (χ1v) is 7.85. The lowest BCUT2D eigenvalue weighted by atomic mass is 10.2. The third-order valence-corrected chi connectivity index (χ3v) is 3.50. The highest BCUT2D eigenvalue weighted by molar-refractivity contribution is 7.80. The van der Waals surface area contributed by atoms with Gasteiger partial charge in [0.25, 0.3) is 0 Å². The Morgan fingerprint density at radius 1 is 1.23 bits per heavy atom. The summed E-state index contributed by atoms with van der Waals surface area (Å²) in [5.74, 6) is 0.893. The van der Waals surface area contributed by atoms with Crippen molar-refractivity contribution >= 4 is 34.6 Å². The lowest BCUT2D eigenvalue weighted by Crippen LogP contribution is -2.39. The zero-order valence-electron chi connectivity index (χ0n) is 12.6. The second-order valence-corrected chi connectivity index (χ2v) is 5.93. The fourth-order valence-electron chi connectivity index (χ4n) is 1.93. The molecule has 0 heterocycles. The monoisotopic (exact) mass is 334 g/mol. The van der Waals surface area contributed by atoms with E-state index in [1.165, 1.54) is 0 Å². The standard InChI is InChI=1S/C17H19ClN2OS/c1-12-6-3-4-9-16(12)21-11-13(2)19-17(22)20-15-8-5-7-14(18)10-15/h3-10,13H,11H2,1-2H3,(H2,19,20,22). The number of aryl methyl sites for hydroxylation is 1. The summed E-state index contributed by atoms with van der Waals surface area (Å²) in [6.45, 7) is 4.57. The first-order valence-electron chi connectivity index (χ1n) is 7.06. The van der Waals surface area contributed by atoms with Crippen molar-refractivity contribution in [2.45, 2.75) is 19.9 Å². The van der Waals surface area contributed by atoms with Crippen molar-refractivity contribution in [1.82, 2.24) is 5.32 Å². The van der Waals surface area contributed by atoms with Crippen LogP contribution in [0.4, 0.5) is 5.69 Å². The molecule has 0 aliphatic heterocycles. The second-order valence-electron chi connectivity index (χ2n) is 5.09. The molecule has 0 aliphatic rings. The minimum absolute atomic E-state index is 0.0822. The molecule has 1 atom stereocenters. The predicted molar refractivity (Wildman–Crippen MR) is 96.9 cm³/mol. The first kappa shape index (κ1) is 16.6. The van der Waals surface area contributed by atoms with Gasteiger partial charge in [-0.1, -0.05) is 35.9 Å². The summed E-state index contributed by atoms with van der Waals surface area (Å²) < 4.78 is 5.80. The Morgan fingerprint density at radius 2 is 2.00 bits per heavy atom. The van der Waals surface area contributed by atoms with Crippen molar-refractivity contribution in [1.29, 1.82) is 0 Å². The van der Waals surface area contributed by atoms with E-state index in [0.717, 1.165) is 17.0 Å². The quantitative estimate of drug-likeness (QED) is 0.794. The van der Waals surface area contributed by atoms with E-state index in [9.17, 15) is 0 Å². The Morgan fingerprint density at radius 3 is 2.73 bits per heavy atom. The lowest BCUT2D eigenvalue weighted by Gasteiger charge is -2.18. The van der Waals surface area contributed by atoms with Crippen LogP contribution in [0.25, 0.3) is 0 Å². The van der Waals surface area contributed by atoms with Gasteiger partial charge in [0.15, 0.2) is 5.11 Å². The van der Waals surface area contributed by atoms with Crippen molar-refractivity contribution in [3.05, 3.63) is 59.1 Å². The van der Waals surface area contributed by atoms with E-state index in [2.05, 4.69) is 10.6 Å². The number of para-hydroxylation sites is 1. The number of rotatable bonds is 5. The molecule has 1 unspecified atom stereocenters. The highest BCUT2D eigenvalue weighted by Crippen LogP contribution is 2.16. The van der Waals surface area contributed by atoms with E-state index in [1.807, 2.05) is 62.4 Å². The number of anilines is 1. The zero-order valence-corrected chi connectivity index (χ0v) is 14.2. The van der Waals surface area contributed by atoms with Gasteiger partial charge in [0.1, 0.15) is 12.4 Å². The van der Waals surface area contributed by atoms with E-state index in [1.54, 1.807) is 0 Å². The van der Waals surface area contributed by atoms with Crippen LogP contribution in [0, 0.1) is 6.92 Å². The fourth-order valence-corrected chi connectivity index (χ4v) is 2.44. The van der Waals surface area contributed by atoms with Crippen molar-refractivity contribution in [2.75, 3.05) is 11.9 Å². The van der Waals surface area contributed by atoms with Crippen LogP contribution < -0.4 is 15.4 Å². The van der Waals surface area contributed by atoms with Gasteiger partial charge in [-0.3, -0.25) is 0 Å². The van der Waals surface area contributed by atoms with Gasteiger partial charge < -0.3 is 15.4 Å². The smallest absolute Gasteiger partial charge is 0.171 e. The fraction of sp³-hybridized carbons (Fsp3) is 0.235. The first-order chi connectivity index (χ1) is 10.5. The molecule has 2 N–H and O–H groups in total. The Hall–Kier alpha value is -1.78. The zero-order chi connectivity index (χ0) is 15.9. The molecule has 0 spiro atoms. The maximum Gasteiger partial charge on any atom is 0.171 e. The summed E-state index contributed by atoms with van der Waals surface area (Å²) in [4.78, 5) is 0. The van der Waals surface area contributed by atoms with Gasteiger partial charge in [-0.2, -0.15) is 0 Å². The molecule has 22 heavy (non-hydrogen) atoms. The van der Waals surface area contributed by atoms with Crippen molar-refractivity contribution in [3.63, 3.8) is 0 Å². The largest absolute Gasteiger partial charge is 0.491 e. The lowest BCUT2D eigenvalue weighted by molar-refractivity contribution is 0.285. The van der Waals surface area contributed by atoms with Gasteiger partial charge >= 0.3 is 0 Å². The molecule has 2 aromatic rings. The third-order valence-electron chi connectivity index (χ3n) is 3.04. The van der Waals surface area contributed by atoms with Gasteiger partial charge in [-0.05, 0) is 55.9 Å². The predicted octanol–water partition coefficient (Wildman–Crippen LogP) is 4.40. The van der Waals surface area contributed by atoms with E-state index >= 15 is 0 Å². The summed E-state index contributed by atoms with van der Waals surface area (Å²) in [6.07, 6.45) is 0. The van der Waals surface area contributed by atoms with Crippen molar-refractivity contribution < 1.29 is 4.74 Å². The molecule has 116 valence electrons. The number of benzene rings is 2. The van der Waals surface area contributed by atoms with Crippen LogP contribution in [-0.4, -0.2) is 17.8 Å². The van der Waals surface area contributed by atoms with Gasteiger partial charge in [0, 0.05) is 10.7 Å². The summed E-state index contributed by atoms with van der Waals surface area (Å²) in [6, 6.07) is 15.5. The van der Waals surface area contributed by atoms with Gasteiger partial charge in [-0.15, -0.1) is 0 Å². The summed E-state index contributed by atoms with van der Waals surface area (Å²) in [5, 5.41) is 7.51. The SMILES string of the molecule is Cc1ccccc1OCC(C)NC(=S)Nc1cccc(Cl)c1. The Labute approximate surface area is 141 Å². The molecule has 2 aromatic carbocycles. The van der Waals surface area contributed by atoms with Crippen LogP contribution in [0.5, 0.6) is 5.75 Å². The Balaban J connectivity index is 1.80. The van der Waals surface area contributed by atoms with Crippen LogP contribution >= 0.6 is 23.8 Å². The van der Waals surface area contributed by atoms with Crippen LogP contribution in [0.2, 0.25) is 5.02 Å². The van der Waals surface area contributed by atoms with Crippen LogP contribution in [0.3, 0.4) is 0 Å². The van der Waals surface area contributed by atoms with Gasteiger partial charge in [0.2, 0.25) is 0 Å². The molecule has 5 heteroatoms. The molecule has 0 aromatic heterocycles. The van der Waals surface area contributed by atoms with Crippen LogP contribution in [0.1, 0.15) is 12.5 Å². The third kappa shape index (κ3) is 5.20. The molecule has 0 aliphatic carbocycles. The van der Waals surface area contributed by atoms with Crippen molar-refractivity contribution in [2.24, 2.45) is 0 Å². The average Bonchev–Trinajstić information content (AvgIpc) is 2.46. The van der Waals surface area contributed by atoms with E-state index in [-0.39, 0.29) is 6.04 Å². The second kappa shape index (κ2) is 8.01. The van der Waals surface area contributed by atoms with Gasteiger partial charge in [0.05, 0.1) is 6.04 Å². The molecule has 0 fully saturated rings. The Bertz CT molecular complexity index is 648. The number of hydrogen-bond donors (Lipinski definition) is 2. The maximum atomic E-state index is 5.94. The normalized spacial score (nSPS) is 11.6. The number of halogens is 1. The molecule has 0 saturated heterocycles. The topological polar surface area (TPSA) is 33.3 Å². The number of nitrogens with one attached hydrogen (secondary N) is 2. The van der Waals surface area contributed by atoms with E-state index < -0.39 is 0 Å². The summed E-state index contributed by atoms with van der Waals surface area (Å²) in [7, 11) is 0. The Kier molecular flexibility index (Phi) is 6.04. The molecule has 3 nitrogen and oxygen atoms in total. The van der Waals surface area contributed by atoms with E-state index in [4.69, 9.17) is 28.6 Å². The van der Waals surface area contributed by atoms with Crippen LogP contribution in [0.15, 0.2) is 48.5 Å². The molecule has 0 radical (unpaired) electrons. The minimum atomic E-state index is 0.0822. The minimum Gasteiger partial charge on any atom is -0.491 e.